The van der Waals surface area contributed by atoms with Crippen molar-refractivity contribution in [2.24, 2.45) is 5.41 Å². The van der Waals surface area contributed by atoms with Gasteiger partial charge in [0.1, 0.15) is 0 Å². The first-order valence-corrected chi connectivity index (χ1v) is 8.39. The Morgan fingerprint density at radius 3 is 2.54 bits per heavy atom. The van der Waals surface area contributed by atoms with E-state index in [0.29, 0.717) is 16.7 Å². The number of anilines is 1. The van der Waals surface area contributed by atoms with Crippen LogP contribution in [0.1, 0.15) is 30.9 Å². The van der Waals surface area contributed by atoms with E-state index in [1.807, 2.05) is 13.0 Å². The molecule has 3 rings (SSSR count). The zero-order chi connectivity index (χ0) is 17.4. The van der Waals surface area contributed by atoms with Crippen molar-refractivity contribution < 1.29 is 13.2 Å². The number of nitrogens with one attached hydrogen (secondary N) is 1. The van der Waals surface area contributed by atoms with Crippen molar-refractivity contribution in [3.8, 4) is 0 Å². The number of rotatable bonds is 3. The van der Waals surface area contributed by atoms with E-state index in [1.165, 1.54) is 6.07 Å². The van der Waals surface area contributed by atoms with Gasteiger partial charge in [-0.05, 0) is 50.6 Å². The third-order valence-electron chi connectivity index (χ3n) is 5.13. The normalized spacial score (nSPS) is 21.0. The molecule has 0 unspecified atom stereocenters. The van der Waals surface area contributed by atoms with Crippen LogP contribution in [0.4, 0.5) is 18.9 Å². The highest BCUT2D eigenvalue weighted by Gasteiger charge is 2.44. The summed E-state index contributed by atoms with van der Waals surface area (Å²) in [5.74, 6) is 0. The van der Waals surface area contributed by atoms with Gasteiger partial charge in [0, 0.05) is 35.5 Å². The van der Waals surface area contributed by atoms with E-state index in [0.717, 1.165) is 44.7 Å². The third-order valence-corrected chi connectivity index (χ3v) is 5.13. The van der Waals surface area contributed by atoms with Crippen LogP contribution in [0, 0.1) is 5.41 Å². The summed E-state index contributed by atoms with van der Waals surface area (Å²) in [7, 11) is 0. The molecule has 2 aliphatic heterocycles. The molecule has 24 heavy (non-hydrogen) atoms. The van der Waals surface area contributed by atoms with Gasteiger partial charge in [-0.2, -0.15) is 13.2 Å². The first-order chi connectivity index (χ1) is 11.3. The summed E-state index contributed by atoms with van der Waals surface area (Å²) in [5.41, 5.74) is 8.85. The number of nitrogens with two attached hydrogens (primary N) is 1. The average molecular weight is 339 g/mol. The van der Waals surface area contributed by atoms with Gasteiger partial charge in [0.2, 0.25) is 0 Å². The largest absolute Gasteiger partial charge is 0.398 e. The van der Waals surface area contributed by atoms with Gasteiger partial charge in [-0.25, -0.2) is 0 Å². The second kappa shape index (κ2) is 6.31. The molecule has 1 aromatic rings. The highest BCUT2D eigenvalue weighted by Crippen LogP contribution is 2.43. The molecule has 0 saturated carbocycles. The Balaban J connectivity index is 1.78. The monoisotopic (exact) mass is 339 g/mol. The number of alkyl halides is 3. The lowest BCUT2D eigenvalue weighted by molar-refractivity contribution is -0.127. The van der Waals surface area contributed by atoms with E-state index in [1.54, 1.807) is 12.1 Å². The van der Waals surface area contributed by atoms with Crippen LogP contribution in [0.3, 0.4) is 0 Å². The molecular formula is C18H24F3N3. The number of hydrogen-bond acceptors (Lipinski definition) is 3. The van der Waals surface area contributed by atoms with Crippen molar-refractivity contribution in [2.75, 3.05) is 31.9 Å². The Labute approximate surface area is 140 Å². The highest BCUT2D eigenvalue weighted by molar-refractivity contribution is 5.75. The second-order valence-electron chi connectivity index (χ2n) is 6.99. The molecule has 132 valence electrons. The summed E-state index contributed by atoms with van der Waals surface area (Å²) < 4.78 is 38.0. The van der Waals surface area contributed by atoms with Crippen LogP contribution >= 0.6 is 0 Å². The fourth-order valence-electron chi connectivity index (χ4n) is 3.88. The quantitative estimate of drug-likeness (QED) is 0.829. The summed E-state index contributed by atoms with van der Waals surface area (Å²) in [6.45, 7) is 5.91. The number of benzene rings is 1. The summed E-state index contributed by atoms with van der Waals surface area (Å²) >= 11 is 0. The summed E-state index contributed by atoms with van der Waals surface area (Å²) in [6.07, 6.45) is -0.864. The molecule has 2 fully saturated rings. The molecule has 2 saturated heterocycles. The van der Waals surface area contributed by atoms with Gasteiger partial charge >= 0.3 is 6.18 Å². The lowest BCUT2D eigenvalue weighted by Gasteiger charge is -2.54. The third kappa shape index (κ3) is 3.53. The maximum absolute atomic E-state index is 12.7. The molecule has 3 N–H and O–H groups in total. The SMILES string of the molecule is C/C=C(\c1cc(CC(F)(F)F)ccc1N)N1CC2(CCNCC2)C1. The van der Waals surface area contributed by atoms with Crippen molar-refractivity contribution in [2.45, 2.75) is 32.4 Å². The minimum Gasteiger partial charge on any atom is -0.398 e. The summed E-state index contributed by atoms with van der Waals surface area (Å²) in [4.78, 5) is 2.24. The second-order valence-corrected chi connectivity index (χ2v) is 6.99. The van der Waals surface area contributed by atoms with E-state index < -0.39 is 12.6 Å². The average Bonchev–Trinajstić information content (AvgIpc) is 2.49. The predicted molar refractivity (Wildman–Crippen MR) is 90.4 cm³/mol. The smallest absolute Gasteiger partial charge is 0.393 e. The molecule has 2 aliphatic rings. The Bertz CT molecular complexity index is 623. The molecule has 0 radical (unpaired) electrons. The van der Waals surface area contributed by atoms with Crippen LogP contribution in [0.25, 0.3) is 5.70 Å². The number of nitrogen functional groups attached to an aromatic ring is 1. The van der Waals surface area contributed by atoms with Crippen molar-refractivity contribution in [1.29, 1.82) is 0 Å². The molecule has 3 nitrogen and oxygen atoms in total. The maximum Gasteiger partial charge on any atom is 0.393 e. The van der Waals surface area contributed by atoms with Gasteiger partial charge in [-0.1, -0.05) is 12.1 Å². The van der Waals surface area contributed by atoms with E-state index >= 15 is 0 Å². The zero-order valence-electron chi connectivity index (χ0n) is 13.9. The number of likely N-dealkylation sites (tertiary alicyclic amines) is 1. The van der Waals surface area contributed by atoms with Crippen molar-refractivity contribution >= 4 is 11.4 Å². The molecule has 6 heteroatoms. The zero-order valence-corrected chi connectivity index (χ0v) is 13.9. The van der Waals surface area contributed by atoms with Crippen molar-refractivity contribution in [3.63, 3.8) is 0 Å². The number of nitrogens with zero attached hydrogens (tertiary/aromatic N) is 1. The molecule has 2 heterocycles. The van der Waals surface area contributed by atoms with E-state index in [-0.39, 0.29) is 5.56 Å². The van der Waals surface area contributed by atoms with Crippen molar-refractivity contribution in [1.82, 2.24) is 10.2 Å². The van der Waals surface area contributed by atoms with Crippen LogP contribution < -0.4 is 11.1 Å². The van der Waals surface area contributed by atoms with E-state index in [4.69, 9.17) is 5.73 Å². The van der Waals surface area contributed by atoms with E-state index in [9.17, 15) is 13.2 Å². The number of halogens is 3. The predicted octanol–water partition coefficient (Wildman–Crippen LogP) is 3.42. The van der Waals surface area contributed by atoms with Crippen LogP contribution in [-0.4, -0.2) is 37.3 Å². The number of hydrogen-bond donors (Lipinski definition) is 2. The van der Waals surface area contributed by atoms with Crippen molar-refractivity contribution in [3.05, 3.63) is 35.4 Å². The molecule has 0 amide bonds. The van der Waals surface area contributed by atoms with Crippen LogP contribution in [0.5, 0.6) is 0 Å². The Morgan fingerprint density at radius 1 is 1.29 bits per heavy atom. The minimum atomic E-state index is -4.21. The van der Waals surface area contributed by atoms with Crippen LogP contribution in [0.2, 0.25) is 0 Å². The fraction of sp³-hybridized carbons (Fsp3) is 0.556. The number of allylic oxidation sites excluding steroid dienone is 1. The first-order valence-electron chi connectivity index (χ1n) is 8.39. The Kier molecular flexibility index (Phi) is 4.51. The van der Waals surface area contributed by atoms with Gasteiger partial charge in [-0.3, -0.25) is 0 Å². The summed E-state index contributed by atoms with van der Waals surface area (Å²) in [6, 6.07) is 4.63. The minimum absolute atomic E-state index is 0.253. The van der Waals surface area contributed by atoms with Gasteiger partial charge in [0.15, 0.2) is 0 Å². The molecule has 0 aliphatic carbocycles. The molecule has 1 spiro atoms. The molecule has 0 aromatic heterocycles. The highest BCUT2D eigenvalue weighted by atomic mass is 19.4. The lowest BCUT2D eigenvalue weighted by Crippen LogP contribution is -2.58. The fourth-order valence-corrected chi connectivity index (χ4v) is 3.88. The molecule has 1 aromatic carbocycles. The van der Waals surface area contributed by atoms with Gasteiger partial charge in [-0.15, -0.1) is 0 Å². The van der Waals surface area contributed by atoms with Crippen LogP contribution in [-0.2, 0) is 6.42 Å². The first kappa shape index (κ1) is 17.1. The summed E-state index contributed by atoms with van der Waals surface area (Å²) in [5, 5.41) is 3.38. The standard InChI is InChI=1S/C18H24F3N3/c1-2-16(24-11-17(12-24)5-7-23-8-6-17)14-9-13(3-4-15(14)22)10-18(19,20)21/h2-4,9,23H,5-8,10-12,22H2,1H3/b16-2+. The van der Waals surface area contributed by atoms with E-state index in [2.05, 4.69) is 10.2 Å². The van der Waals surface area contributed by atoms with Gasteiger partial charge in [0.05, 0.1) is 6.42 Å². The molecule has 0 bridgehead atoms. The Morgan fingerprint density at radius 2 is 1.96 bits per heavy atom. The van der Waals surface area contributed by atoms with Gasteiger partial charge < -0.3 is 16.0 Å². The van der Waals surface area contributed by atoms with Crippen LogP contribution in [0.15, 0.2) is 24.3 Å². The lowest BCUT2D eigenvalue weighted by atomic mass is 9.72. The molecular weight excluding hydrogens is 315 g/mol. The van der Waals surface area contributed by atoms with Gasteiger partial charge in [0.25, 0.3) is 0 Å². The Hall–Kier alpha value is -1.69. The molecule has 0 atom stereocenters. The maximum atomic E-state index is 12.7. The topological polar surface area (TPSA) is 41.3 Å². The number of piperidine rings is 1.